The predicted molar refractivity (Wildman–Crippen MR) is 72.9 cm³/mol. The highest BCUT2D eigenvalue weighted by Gasteiger charge is 2.20. The summed E-state index contributed by atoms with van der Waals surface area (Å²) in [6.07, 6.45) is 0. The van der Waals surface area contributed by atoms with Crippen LogP contribution in [-0.4, -0.2) is 39.8 Å². The van der Waals surface area contributed by atoms with Gasteiger partial charge in [-0.05, 0) is 24.6 Å². The minimum Gasteiger partial charge on any atom is -0.478 e. The maximum atomic E-state index is 12.1. The SMILES string of the molecule is COCCNS(=O)(=O)c1cc(C(=O)O)cc(Br)c1C. The molecule has 0 amide bonds. The molecule has 0 heterocycles. The van der Waals surface area contributed by atoms with Crippen LogP contribution in [0.2, 0.25) is 0 Å². The molecular weight excluding hydrogens is 338 g/mol. The van der Waals surface area contributed by atoms with Crippen molar-refractivity contribution in [2.24, 2.45) is 0 Å². The molecule has 0 aliphatic carbocycles. The quantitative estimate of drug-likeness (QED) is 0.755. The zero-order chi connectivity index (χ0) is 14.6. The van der Waals surface area contributed by atoms with Crippen molar-refractivity contribution < 1.29 is 23.1 Å². The number of sulfonamides is 1. The summed E-state index contributed by atoms with van der Waals surface area (Å²) in [5.41, 5.74) is 0.361. The fraction of sp³-hybridized carbons (Fsp3) is 0.364. The molecule has 0 bridgehead atoms. The summed E-state index contributed by atoms with van der Waals surface area (Å²) in [5.74, 6) is -1.19. The highest BCUT2D eigenvalue weighted by molar-refractivity contribution is 9.10. The van der Waals surface area contributed by atoms with Gasteiger partial charge in [-0.15, -0.1) is 0 Å². The molecule has 0 atom stereocenters. The average Bonchev–Trinajstić information content (AvgIpc) is 2.32. The number of rotatable bonds is 6. The van der Waals surface area contributed by atoms with E-state index in [1.54, 1.807) is 6.92 Å². The third-order valence-corrected chi connectivity index (χ3v) is 4.84. The lowest BCUT2D eigenvalue weighted by Gasteiger charge is -2.11. The van der Waals surface area contributed by atoms with Gasteiger partial charge in [-0.25, -0.2) is 17.9 Å². The summed E-state index contributed by atoms with van der Waals surface area (Å²) in [6.45, 7) is 1.95. The van der Waals surface area contributed by atoms with Gasteiger partial charge in [0.15, 0.2) is 0 Å². The maximum absolute atomic E-state index is 12.1. The van der Waals surface area contributed by atoms with E-state index in [0.29, 0.717) is 10.0 Å². The lowest BCUT2D eigenvalue weighted by Crippen LogP contribution is -2.28. The van der Waals surface area contributed by atoms with Crippen LogP contribution in [0.15, 0.2) is 21.5 Å². The number of hydrogen-bond donors (Lipinski definition) is 2. The topological polar surface area (TPSA) is 92.7 Å². The first-order chi connectivity index (χ1) is 8.79. The van der Waals surface area contributed by atoms with Crippen molar-refractivity contribution in [1.29, 1.82) is 0 Å². The third-order valence-electron chi connectivity index (χ3n) is 2.43. The highest BCUT2D eigenvalue weighted by Crippen LogP contribution is 2.25. The van der Waals surface area contributed by atoms with E-state index in [2.05, 4.69) is 20.7 Å². The molecule has 6 nitrogen and oxygen atoms in total. The second-order valence-corrected chi connectivity index (χ2v) is 6.37. The summed E-state index contributed by atoms with van der Waals surface area (Å²) in [7, 11) is -2.31. The van der Waals surface area contributed by atoms with Gasteiger partial charge >= 0.3 is 5.97 Å². The van der Waals surface area contributed by atoms with Gasteiger partial charge in [-0.1, -0.05) is 15.9 Å². The van der Waals surface area contributed by atoms with Gasteiger partial charge in [0, 0.05) is 18.1 Å². The molecule has 0 spiro atoms. The predicted octanol–water partition coefficient (Wildman–Crippen LogP) is 1.38. The number of carboxylic acid groups (broad SMARTS) is 1. The van der Waals surface area contributed by atoms with Crippen LogP contribution in [0.5, 0.6) is 0 Å². The van der Waals surface area contributed by atoms with Gasteiger partial charge in [0.25, 0.3) is 0 Å². The maximum Gasteiger partial charge on any atom is 0.335 e. The highest BCUT2D eigenvalue weighted by atomic mass is 79.9. The Balaban J connectivity index is 3.21. The molecule has 1 rings (SSSR count). The summed E-state index contributed by atoms with van der Waals surface area (Å²) in [5, 5.41) is 8.95. The van der Waals surface area contributed by atoms with Crippen molar-refractivity contribution in [1.82, 2.24) is 4.72 Å². The summed E-state index contributed by atoms with van der Waals surface area (Å²) < 4.78 is 31.7. The lowest BCUT2D eigenvalue weighted by molar-refractivity contribution is 0.0696. The van der Waals surface area contributed by atoms with Gasteiger partial charge in [0.2, 0.25) is 10.0 Å². The monoisotopic (exact) mass is 351 g/mol. The molecule has 0 aliphatic rings. The zero-order valence-corrected chi connectivity index (χ0v) is 12.8. The van der Waals surface area contributed by atoms with Crippen LogP contribution >= 0.6 is 15.9 Å². The lowest BCUT2D eigenvalue weighted by atomic mass is 10.1. The smallest absolute Gasteiger partial charge is 0.335 e. The molecule has 0 unspecified atom stereocenters. The van der Waals surface area contributed by atoms with Crippen molar-refractivity contribution in [3.8, 4) is 0 Å². The van der Waals surface area contributed by atoms with Gasteiger partial charge in [-0.2, -0.15) is 0 Å². The van der Waals surface area contributed by atoms with Crippen molar-refractivity contribution in [2.75, 3.05) is 20.3 Å². The Hall–Kier alpha value is -0.960. The van der Waals surface area contributed by atoms with Gasteiger partial charge < -0.3 is 9.84 Å². The van der Waals surface area contributed by atoms with E-state index >= 15 is 0 Å². The number of methoxy groups -OCH3 is 1. The fourth-order valence-electron chi connectivity index (χ4n) is 1.41. The summed E-state index contributed by atoms with van der Waals surface area (Å²) in [4.78, 5) is 10.9. The zero-order valence-electron chi connectivity index (χ0n) is 10.4. The molecule has 1 aromatic carbocycles. The molecule has 0 saturated carbocycles. The first-order valence-corrected chi connectivity index (χ1v) is 7.59. The molecular formula is C11H14BrNO5S. The van der Waals surface area contributed by atoms with Crippen LogP contribution in [0, 0.1) is 6.92 Å². The van der Waals surface area contributed by atoms with E-state index in [4.69, 9.17) is 9.84 Å². The van der Waals surface area contributed by atoms with E-state index < -0.39 is 16.0 Å². The molecule has 0 radical (unpaired) electrons. The number of nitrogens with one attached hydrogen (secondary N) is 1. The Bertz CT molecular complexity index is 585. The van der Waals surface area contributed by atoms with E-state index in [-0.39, 0.29) is 23.6 Å². The number of carbonyl (C=O) groups is 1. The first-order valence-electron chi connectivity index (χ1n) is 5.31. The first kappa shape index (κ1) is 16.1. The Kier molecular flexibility index (Phi) is 5.48. The van der Waals surface area contributed by atoms with Crippen molar-refractivity contribution >= 4 is 31.9 Å². The third kappa shape index (κ3) is 4.00. The molecule has 106 valence electrons. The Morgan fingerprint density at radius 1 is 1.47 bits per heavy atom. The van der Waals surface area contributed by atoms with E-state index in [1.807, 2.05) is 0 Å². The second-order valence-electron chi connectivity index (χ2n) is 3.78. The number of carboxylic acids is 1. The minimum atomic E-state index is -3.77. The van der Waals surface area contributed by atoms with Crippen LogP contribution in [0.4, 0.5) is 0 Å². The van der Waals surface area contributed by atoms with Gasteiger partial charge in [0.05, 0.1) is 17.1 Å². The summed E-state index contributed by atoms with van der Waals surface area (Å²) in [6, 6.07) is 2.50. The Morgan fingerprint density at radius 2 is 2.11 bits per heavy atom. The number of aromatic carboxylic acids is 1. The Morgan fingerprint density at radius 3 is 2.63 bits per heavy atom. The minimum absolute atomic E-state index is 0.0598. The number of ether oxygens (including phenoxy) is 1. The number of hydrogen-bond acceptors (Lipinski definition) is 4. The fourth-order valence-corrected chi connectivity index (χ4v) is 3.31. The number of halogens is 1. The average molecular weight is 352 g/mol. The van der Waals surface area contributed by atoms with Gasteiger partial charge in [-0.3, -0.25) is 0 Å². The van der Waals surface area contributed by atoms with Crippen molar-refractivity contribution in [3.05, 3.63) is 27.7 Å². The molecule has 1 aromatic rings. The standard InChI is InChI=1S/C11H14BrNO5S/c1-7-9(12)5-8(11(14)15)6-10(7)19(16,17)13-3-4-18-2/h5-6,13H,3-4H2,1-2H3,(H,14,15). The molecule has 0 saturated heterocycles. The molecule has 0 aromatic heterocycles. The molecule has 8 heteroatoms. The van der Waals surface area contributed by atoms with E-state index in [0.717, 1.165) is 6.07 Å². The van der Waals surface area contributed by atoms with Crippen molar-refractivity contribution in [3.63, 3.8) is 0 Å². The second kappa shape index (κ2) is 6.47. The normalized spacial score (nSPS) is 11.5. The Labute approximate surface area is 120 Å². The van der Waals surface area contributed by atoms with E-state index in [1.165, 1.54) is 13.2 Å². The molecule has 19 heavy (non-hydrogen) atoms. The van der Waals surface area contributed by atoms with Crippen molar-refractivity contribution in [2.45, 2.75) is 11.8 Å². The molecule has 0 fully saturated rings. The van der Waals surface area contributed by atoms with Crippen LogP contribution in [0.25, 0.3) is 0 Å². The van der Waals surface area contributed by atoms with Crippen LogP contribution in [-0.2, 0) is 14.8 Å². The summed E-state index contributed by atoms with van der Waals surface area (Å²) >= 11 is 3.16. The van der Waals surface area contributed by atoms with Crippen LogP contribution in [0.3, 0.4) is 0 Å². The van der Waals surface area contributed by atoms with Gasteiger partial charge in [0.1, 0.15) is 0 Å². The van der Waals surface area contributed by atoms with Crippen LogP contribution < -0.4 is 4.72 Å². The number of benzene rings is 1. The molecule has 2 N–H and O–H groups in total. The molecule has 0 aliphatic heterocycles. The van der Waals surface area contributed by atoms with Crippen LogP contribution in [0.1, 0.15) is 15.9 Å². The largest absolute Gasteiger partial charge is 0.478 e. The van der Waals surface area contributed by atoms with E-state index in [9.17, 15) is 13.2 Å².